The second-order valence-corrected chi connectivity index (χ2v) is 4.01. The summed E-state index contributed by atoms with van der Waals surface area (Å²) in [5.74, 6) is 0. The van der Waals surface area contributed by atoms with Crippen molar-refractivity contribution in [1.29, 1.82) is 0 Å². The highest BCUT2D eigenvalue weighted by Crippen LogP contribution is 2.33. The Labute approximate surface area is 88.6 Å². The summed E-state index contributed by atoms with van der Waals surface area (Å²) in [6, 6.07) is 7.53. The van der Waals surface area contributed by atoms with Crippen LogP contribution in [0.1, 0.15) is 12.5 Å². The molecule has 1 saturated heterocycles. The van der Waals surface area contributed by atoms with Gasteiger partial charge in [-0.2, -0.15) is 0 Å². The van der Waals surface area contributed by atoms with Gasteiger partial charge in [-0.15, -0.1) is 0 Å². The quantitative estimate of drug-likeness (QED) is 0.709. The Morgan fingerprint density at radius 3 is 2.80 bits per heavy atom. The van der Waals surface area contributed by atoms with Crippen LogP contribution >= 0.6 is 0 Å². The van der Waals surface area contributed by atoms with E-state index in [1.807, 2.05) is 31.2 Å². The molecule has 0 bridgehead atoms. The van der Waals surface area contributed by atoms with Gasteiger partial charge in [-0.25, -0.2) is 4.79 Å². The molecule has 1 aliphatic heterocycles. The minimum Gasteiger partial charge on any atom is -0.447 e. The van der Waals surface area contributed by atoms with Crippen molar-refractivity contribution < 1.29 is 9.53 Å². The van der Waals surface area contributed by atoms with E-state index in [0.29, 0.717) is 12.3 Å². The number of hydrogen-bond acceptors (Lipinski definition) is 3. The van der Waals surface area contributed by atoms with Crippen LogP contribution in [0.25, 0.3) is 0 Å². The molecule has 4 nitrogen and oxygen atoms in total. The van der Waals surface area contributed by atoms with Crippen molar-refractivity contribution in [2.75, 3.05) is 19.4 Å². The highest BCUT2D eigenvalue weighted by molar-refractivity contribution is 5.71. The first kappa shape index (κ1) is 9.83. The SMILES string of the molecule is CN1C(=O)OCC1(C)c1cccc(N)c1. The minimum atomic E-state index is -0.410. The first-order valence-electron chi connectivity index (χ1n) is 4.80. The second kappa shape index (κ2) is 3.15. The van der Waals surface area contributed by atoms with Gasteiger partial charge in [0, 0.05) is 12.7 Å². The summed E-state index contributed by atoms with van der Waals surface area (Å²) in [6.07, 6.45) is -0.292. The lowest BCUT2D eigenvalue weighted by Crippen LogP contribution is -2.39. The lowest BCUT2D eigenvalue weighted by atomic mass is 9.92. The normalized spacial score (nSPS) is 25.5. The molecule has 1 aliphatic rings. The number of cyclic esters (lactones) is 1. The number of ether oxygens (including phenoxy) is 1. The Hall–Kier alpha value is -1.71. The summed E-state index contributed by atoms with van der Waals surface area (Å²) in [6.45, 7) is 2.33. The molecular weight excluding hydrogens is 192 g/mol. The third-order valence-electron chi connectivity index (χ3n) is 3.00. The maximum absolute atomic E-state index is 11.3. The standard InChI is InChI=1S/C11H14N2O2/c1-11(7-15-10(14)13(11)2)8-4-3-5-9(12)6-8/h3-6H,7,12H2,1-2H3. The third-order valence-corrected chi connectivity index (χ3v) is 3.00. The molecule has 0 aromatic heterocycles. The number of hydrogen-bond donors (Lipinski definition) is 1. The largest absolute Gasteiger partial charge is 0.447 e. The Balaban J connectivity index is 2.42. The van der Waals surface area contributed by atoms with E-state index in [-0.39, 0.29) is 6.09 Å². The molecule has 15 heavy (non-hydrogen) atoms. The Morgan fingerprint density at radius 1 is 1.53 bits per heavy atom. The fraction of sp³-hybridized carbons (Fsp3) is 0.364. The fourth-order valence-corrected chi connectivity index (χ4v) is 1.75. The lowest BCUT2D eigenvalue weighted by molar-refractivity contribution is 0.162. The van der Waals surface area contributed by atoms with Crippen LogP contribution in [0.4, 0.5) is 10.5 Å². The van der Waals surface area contributed by atoms with E-state index in [9.17, 15) is 4.79 Å². The monoisotopic (exact) mass is 206 g/mol. The number of anilines is 1. The fourth-order valence-electron chi connectivity index (χ4n) is 1.75. The van der Waals surface area contributed by atoms with Gasteiger partial charge in [0.1, 0.15) is 12.1 Å². The molecule has 4 heteroatoms. The van der Waals surface area contributed by atoms with Gasteiger partial charge in [-0.05, 0) is 24.6 Å². The van der Waals surface area contributed by atoms with Crippen LogP contribution in [0.2, 0.25) is 0 Å². The number of rotatable bonds is 1. The lowest BCUT2D eigenvalue weighted by Gasteiger charge is -2.29. The number of carbonyl (C=O) groups is 1. The van der Waals surface area contributed by atoms with Gasteiger partial charge in [0.05, 0.1) is 0 Å². The molecule has 1 atom stereocenters. The van der Waals surface area contributed by atoms with E-state index in [0.717, 1.165) is 5.56 Å². The van der Waals surface area contributed by atoms with E-state index in [1.54, 1.807) is 11.9 Å². The summed E-state index contributed by atoms with van der Waals surface area (Å²) in [4.78, 5) is 12.9. The number of likely N-dealkylation sites (N-methyl/N-ethyl adjacent to an activating group) is 1. The van der Waals surface area contributed by atoms with Crippen molar-refractivity contribution in [3.05, 3.63) is 29.8 Å². The molecule has 1 aromatic carbocycles. The van der Waals surface area contributed by atoms with E-state index in [1.165, 1.54) is 0 Å². The number of nitrogens with two attached hydrogens (primary N) is 1. The molecule has 0 radical (unpaired) electrons. The van der Waals surface area contributed by atoms with Crippen LogP contribution in [0.5, 0.6) is 0 Å². The van der Waals surface area contributed by atoms with Crippen molar-refractivity contribution in [2.45, 2.75) is 12.5 Å². The average Bonchev–Trinajstić information content (AvgIpc) is 2.48. The first-order chi connectivity index (χ1) is 7.04. The molecule has 1 unspecified atom stereocenters. The number of benzene rings is 1. The zero-order valence-electron chi connectivity index (χ0n) is 8.86. The molecule has 2 rings (SSSR count). The molecular formula is C11H14N2O2. The minimum absolute atomic E-state index is 0.292. The summed E-state index contributed by atoms with van der Waals surface area (Å²) in [7, 11) is 1.73. The van der Waals surface area contributed by atoms with Gasteiger partial charge >= 0.3 is 6.09 Å². The van der Waals surface area contributed by atoms with E-state index >= 15 is 0 Å². The molecule has 80 valence electrons. The van der Waals surface area contributed by atoms with Crippen LogP contribution in [0, 0.1) is 0 Å². The van der Waals surface area contributed by atoms with E-state index in [4.69, 9.17) is 10.5 Å². The van der Waals surface area contributed by atoms with Crippen LogP contribution in [0.15, 0.2) is 24.3 Å². The summed E-state index contributed by atoms with van der Waals surface area (Å²) in [5.41, 5.74) is 7.00. The Morgan fingerprint density at radius 2 is 2.27 bits per heavy atom. The smallest absolute Gasteiger partial charge is 0.410 e. The summed E-state index contributed by atoms with van der Waals surface area (Å²) < 4.78 is 5.02. The number of nitrogen functional groups attached to an aromatic ring is 1. The highest BCUT2D eigenvalue weighted by atomic mass is 16.6. The van der Waals surface area contributed by atoms with Crippen LogP contribution in [-0.2, 0) is 10.3 Å². The number of carbonyl (C=O) groups excluding carboxylic acids is 1. The summed E-state index contributed by atoms with van der Waals surface area (Å²) >= 11 is 0. The van der Waals surface area contributed by atoms with Gasteiger partial charge in [-0.3, -0.25) is 4.90 Å². The Bertz CT molecular complexity index is 405. The van der Waals surface area contributed by atoms with Crippen molar-refractivity contribution in [3.8, 4) is 0 Å². The molecule has 0 saturated carbocycles. The predicted octanol–water partition coefficient (Wildman–Crippen LogP) is 1.57. The van der Waals surface area contributed by atoms with E-state index in [2.05, 4.69) is 0 Å². The molecule has 1 aromatic rings. The van der Waals surface area contributed by atoms with Crippen molar-refractivity contribution in [2.24, 2.45) is 0 Å². The third kappa shape index (κ3) is 1.42. The van der Waals surface area contributed by atoms with E-state index < -0.39 is 5.54 Å². The molecule has 1 fully saturated rings. The highest BCUT2D eigenvalue weighted by Gasteiger charge is 2.42. The maximum atomic E-state index is 11.3. The van der Waals surface area contributed by atoms with Gasteiger partial charge in [0.25, 0.3) is 0 Å². The van der Waals surface area contributed by atoms with Gasteiger partial charge in [0.15, 0.2) is 0 Å². The molecule has 2 N–H and O–H groups in total. The molecule has 0 spiro atoms. The molecule has 1 amide bonds. The molecule has 1 heterocycles. The number of amides is 1. The van der Waals surface area contributed by atoms with Crippen LogP contribution in [-0.4, -0.2) is 24.6 Å². The maximum Gasteiger partial charge on any atom is 0.410 e. The number of nitrogens with zero attached hydrogens (tertiary/aromatic N) is 1. The topological polar surface area (TPSA) is 55.6 Å². The van der Waals surface area contributed by atoms with Crippen LogP contribution < -0.4 is 5.73 Å². The predicted molar refractivity (Wildman–Crippen MR) is 57.3 cm³/mol. The first-order valence-corrected chi connectivity index (χ1v) is 4.80. The van der Waals surface area contributed by atoms with Crippen molar-refractivity contribution in [1.82, 2.24) is 4.90 Å². The molecule has 0 aliphatic carbocycles. The van der Waals surface area contributed by atoms with Gasteiger partial charge in [0.2, 0.25) is 0 Å². The van der Waals surface area contributed by atoms with Crippen LogP contribution in [0.3, 0.4) is 0 Å². The average molecular weight is 206 g/mol. The Kier molecular flexibility index (Phi) is 2.07. The van der Waals surface area contributed by atoms with Gasteiger partial charge < -0.3 is 10.5 Å². The zero-order chi connectivity index (χ0) is 11.1. The van der Waals surface area contributed by atoms with Crippen molar-refractivity contribution in [3.63, 3.8) is 0 Å². The van der Waals surface area contributed by atoms with Gasteiger partial charge in [-0.1, -0.05) is 12.1 Å². The zero-order valence-corrected chi connectivity index (χ0v) is 8.86. The second-order valence-electron chi connectivity index (χ2n) is 4.01. The summed E-state index contributed by atoms with van der Waals surface area (Å²) in [5, 5.41) is 0. The van der Waals surface area contributed by atoms with Crippen molar-refractivity contribution >= 4 is 11.8 Å².